The molecule has 0 aromatic heterocycles. The molecule has 1 unspecified atom stereocenters. The van der Waals surface area contributed by atoms with Crippen molar-refractivity contribution in [2.75, 3.05) is 13.7 Å². The van der Waals surface area contributed by atoms with Gasteiger partial charge in [-0.3, -0.25) is 0 Å². The molecule has 0 aliphatic carbocycles. The summed E-state index contributed by atoms with van der Waals surface area (Å²) in [7, 11) is 1.31. The second kappa shape index (κ2) is 8.19. The van der Waals surface area contributed by atoms with E-state index in [2.05, 4.69) is 21.2 Å². The summed E-state index contributed by atoms with van der Waals surface area (Å²) >= 11 is 3.33. The van der Waals surface area contributed by atoms with Gasteiger partial charge in [0.25, 0.3) is 0 Å². The van der Waals surface area contributed by atoms with E-state index in [1.807, 2.05) is 0 Å². The van der Waals surface area contributed by atoms with Gasteiger partial charge in [0.15, 0.2) is 0 Å². The predicted molar refractivity (Wildman–Crippen MR) is 89.8 cm³/mol. The van der Waals surface area contributed by atoms with Crippen LogP contribution in [-0.4, -0.2) is 37.4 Å². The van der Waals surface area contributed by atoms with Gasteiger partial charge in [-0.15, -0.1) is 0 Å². The fourth-order valence-corrected chi connectivity index (χ4v) is 2.00. The average molecular weight is 388 g/mol. The third-order valence-corrected chi connectivity index (χ3v) is 3.09. The van der Waals surface area contributed by atoms with E-state index in [1.165, 1.54) is 7.11 Å². The van der Waals surface area contributed by atoms with Crippen molar-refractivity contribution in [2.24, 2.45) is 0 Å². The van der Waals surface area contributed by atoms with Gasteiger partial charge >= 0.3 is 12.1 Å². The number of nitrogens with one attached hydrogen (secondary N) is 1. The summed E-state index contributed by atoms with van der Waals surface area (Å²) in [5, 5.41) is 2.67. The number of ether oxygens (including phenoxy) is 3. The number of benzene rings is 1. The maximum atomic E-state index is 11.7. The number of hydrogen-bond donors (Lipinski definition) is 1. The van der Waals surface area contributed by atoms with Gasteiger partial charge in [-0.2, -0.15) is 0 Å². The molecule has 7 heteroatoms. The van der Waals surface area contributed by atoms with Gasteiger partial charge in [0, 0.05) is 4.47 Å². The van der Waals surface area contributed by atoms with E-state index in [0.717, 1.165) is 4.47 Å². The van der Waals surface area contributed by atoms with Crippen molar-refractivity contribution in [1.82, 2.24) is 5.32 Å². The van der Waals surface area contributed by atoms with E-state index in [1.54, 1.807) is 45.9 Å². The van der Waals surface area contributed by atoms with Crippen LogP contribution in [0.5, 0.6) is 5.75 Å². The van der Waals surface area contributed by atoms with Crippen LogP contribution in [0.4, 0.5) is 4.79 Å². The molecule has 0 aliphatic heterocycles. The first-order valence-corrected chi connectivity index (χ1v) is 7.92. The van der Waals surface area contributed by atoms with Gasteiger partial charge in [0.2, 0.25) is 0 Å². The van der Waals surface area contributed by atoms with E-state index in [-0.39, 0.29) is 12.6 Å². The lowest BCUT2D eigenvalue weighted by atomic mass is 10.2. The summed E-state index contributed by atoms with van der Waals surface area (Å²) in [5.74, 6) is -0.107. The lowest BCUT2D eigenvalue weighted by molar-refractivity contribution is 0.0489. The van der Waals surface area contributed by atoms with Crippen molar-refractivity contribution >= 4 is 28.0 Å². The fraction of sp³-hybridized carbons (Fsp3) is 0.500. The van der Waals surface area contributed by atoms with Crippen LogP contribution in [0.2, 0.25) is 0 Å². The molecular weight excluding hydrogens is 366 g/mol. The highest BCUT2D eigenvalue weighted by molar-refractivity contribution is 9.10. The molecule has 0 fully saturated rings. The molecule has 128 valence electrons. The third-order valence-electron chi connectivity index (χ3n) is 2.60. The van der Waals surface area contributed by atoms with E-state index in [9.17, 15) is 9.59 Å². The molecule has 0 radical (unpaired) electrons. The topological polar surface area (TPSA) is 73.9 Å². The summed E-state index contributed by atoms with van der Waals surface area (Å²) in [5.41, 5.74) is -0.243. The van der Waals surface area contributed by atoms with Crippen molar-refractivity contribution in [3.8, 4) is 5.75 Å². The van der Waals surface area contributed by atoms with Gasteiger partial charge in [-0.25, -0.2) is 9.59 Å². The molecule has 1 aromatic carbocycles. The lowest BCUT2D eigenvalue weighted by Crippen LogP contribution is -2.40. The van der Waals surface area contributed by atoms with Crippen LogP contribution in [0.1, 0.15) is 38.1 Å². The van der Waals surface area contributed by atoms with Gasteiger partial charge in [0.05, 0.1) is 13.2 Å². The summed E-state index contributed by atoms with van der Waals surface area (Å²) in [4.78, 5) is 23.4. The van der Waals surface area contributed by atoms with Gasteiger partial charge < -0.3 is 19.5 Å². The number of rotatable bonds is 5. The van der Waals surface area contributed by atoms with Crippen molar-refractivity contribution < 1.29 is 23.8 Å². The third kappa shape index (κ3) is 6.90. The van der Waals surface area contributed by atoms with Crippen molar-refractivity contribution in [3.05, 3.63) is 28.2 Å². The number of amides is 1. The highest BCUT2D eigenvalue weighted by Crippen LogP contribution is 2.24. The average Bonchev–Trinajstić information content (AvgIpc) is 2.42. The maximum Gasteiger partial charge on any atom is 0.407 e. The van der Waals surface area contributed by atoms with Crippen LogP contribution in [-0.2, 0) is 9.47 Å². The summed E-state index contributed by atoms with van der Waals surface area (Å²) in [6.07, 6.45) is -0.518. The Morgan fingerprint density at radius 1 is 1.30 bits per heavy atom. The quantitative estimate of drug-likeness (QED) is 0.782. The molecule has 0 bridgehead atoms. The Balaban J connectivity index is 2.65. The highest BCUT2D eigenvalue weighted by Gasteiger charge is 2.19. The molecule has 0 saturated heterocycles. The van der Waals surface area contributed by atoms with Crippen LogP contribution in [0.25, 0.3) is 0 Å². The summed E-state index contributed by atoms with van der Waals surface area (Å²) in [6, 6.07) is 4.71. The molecule has 1 N–H and O–H groups in total. The second-order valence-corrected chi connectivity index (χ2v) is 6.91. The minimum absolute atomic E-state index is 0.180. The van der Waals surface area contributed by atoms with E-state index >= 15 is 0 Å². The van der Waals surface area contributed by atoms with Crippen LogP contribution in [0, 0.1) is 0 Å². The molecule has 1 aromatic rings. The Kier molecular flexibility index (Phi) is 6.87. The van der Waals surface area contributed by atoms with E-state index < -0.39 is 17.7 Å². The van der Waals surface area contributed by atoms with Crippen molar-refractivity contribution in [3.63, 3.8) is 0 Å². The lowest BCUT2D eigenvalue weighted by Gasteiger charge is -2.22. The number of hydrogen-bond acceptors (Lipinski definition) is 5. The molecule has 0 spiro atoms. The van der Waals surface area contributed by atoms with Crippen LogP contribution in [0.15, 0.2) is 22.7 Å². The zero-order valence-corrected chi connectivity index (χ0v) is 15.5. The fourth-order valence-electron chi connectivity index (χ4n) is 1.66. The van der Waals surface area contributed by atoms with Gasteiger partial charge in [-0.1, -0.05) is 15.9 Å². The largest absolute Gasteiger partial charge is 0.491 e. The SMILES string of the molecule is COC(=O)c1ccc(Br)cc1OCC(C)NC(=O)OC(C)(C)C. The summed E-state index contributed by atoms with van der Waals surface area (Å²) in [6.45, 7) is 7.33. The van der Waals surface area contributed by atoms with Crippen LogP contribution < -0.4 is 10.1 Å². The first kappa shape index (κ1) is 19.3. The molecule has 1 rings (SSSR count). The van der Waals surface area contributed by atoms with Crippen molar-refractivity contribution in [1.29, 1.82) is 0 Å². The van der Waals surface area contributed by atoms with Crippen LogP contribution in [0.3, 0.4) is 0 Å². The number of carbonyl (C=O) groups excluding carboxylic acids is 2. The molecule has 1 amide bonds. The van der Waals surface area contributed by atoms with Crippen LogP contribution >= 0.6 is 15.9 Å². The first-order valence-electron chi connectivity index (χ1n) is 7.12. The second-order valence-electron chi connectivity index (χ2n) is 5.99. The zero-order chi connectivity index (χ0) is 17.6. The van der Waals surface area contributed by atoms with Gasteiger partial charge in [-0.05, 0) is 45.9 Å². The Bertz CT molecular complexity index is 568. The minimum Gasteiger partial charge on any atom is -0.491 e. The predicted octanol–water partition coefficient (Wildman–Crippen LogP) is 3.53. The molecule has 0 aliphatic rings. The Morgan fingerprint density at radius 2 is 1.96 bits per heavy atom. The van der Waals surface area contributed by atoms with E-state index in [4.69, 9.17) is 14.2 Å². The number of esters is 1. The number of methoxy groups -OCH3 is 1. The monoisotopic (exact) mass is 387 g/mol. The number of halogens is 1. The molecule has 0 heterocycles. The Hall–Kier alpha value is -1.76. The molecule has 6 nitrogen and oxygen atoms in total. The Labute approximate surface area is 144 Å². The van der Waals surface area contributed by atoms with Gasteiger partial charge in [0.1, 0.15) is 23.5 Å². The minimum atomic E-state index is -0.562. The standard InChI is InChI=1S/C16H22BrNO5/c1-10(18-15(20)23-16(2,3)4)9-22-13-8-11(17)6-7-12(13)14(19)21-5/h6-8,10H,9H2,1-5H3,(H,18,20). The first-order chi connectivity index (χ1) is 10.6. The molecule has 23 heavy (non-hydrogen) atoms. The van der Waals surface area contributed by atoms with Crippen molar-refractivity contribution in [2.45, 2.75) is 39.3 Å². The number of carbonyl (C=O) groups is 2. The maximum absolute atomic E-state index is 11.7. The number of alkyl carbamates (subject to hydrolysis) is 1. The highest BCUT2D eigenvalue weighted by atomic mass is 79.9. The smallest absolute Gasteiger partial charge is 0.407 e. The zero-order valence-electron chi connectivity index (χ0n) is 13.9. The Morgan fingerprint density at radius 3 is 2.52 bits per heavy atom. The molecule has 0 saturated carbocycles. The molecule has 1 atom stereocenters. The normalized spacial score (nSPS) is 12.3. The summed E-state index contributed by atoms with van der Waals surface area (Å²) < 4.78 is 16.3. The van der Waals surface area contributed by atoms with E-state index in [0.29, 0.717) is 11.3 Å². The molecular formula is C16H22BrNO5.